The lowest BCUT2D eigenvalue weighted by molar-refractivity contribution is 0.0517. The van der Waals surface area contributed by atoms with Crippen molar-refractivity contribution in [3.05, 3.63) is 47.3 Å². The lowest BCUT2D eigenvalue weighted by atomic mass is 10.2. The number of aromatic nitrogens is 10. The van der Waals surface area contributed by atoms with Crippen LogP contribution in [0, 0.1) is 0 Å². The number of carbonyl (C=O) groups excluding carboxylic acids is 2. The van der Waals surface area contributed by atoms with Crippen molar-refractivity contribution in [1.29, 1.82) is 0 Å². The van der Waals surface area contributed by atoms with Gasteiger partial charge in [0.1, 0.15) is 17.5 Å². The van der Waals surface area contributed by atoms with Crippen LogP contribution in [0.2, 0.25) is 0 Å². The summed E-state index contributed by atoms with van der Waals surface area (Å²) in [4.78, 5) is 33.8. The highest BCUT2D eigenvalue weighted by Gasteiger charge is 2.23. The fourth-order valence-corrected chi connectivity index (χ4v) is 5.10. The van der Waals surface area contributed by atoms with E-state index in [4.69, 9.17) is 31.1 Å². The molecular formula is C32H42N16O4. The van der Waals surface area contributed by atoms with Gasteiger partial charge < -0.3 is 20.9 Å². The first-order valence-corrected chi connectivity index (χ1v) is 16.9. The Morgan fingerprint density at radius 3 is 1.50 bits per heavy atom. The first-order chi connectivity index (χ1) is 25.1. The molecule has 0 fully saturated rings. The van der Waals surface area contributed by atoms with E-state index >= 15 is 0 Å². The van der Waals surface area contributed by atoms with E-state index in [9.17, 15) is 9.59 Å². The molecule has 0 atom stereocenters. The Hall–Kier alpha value is -6.34. The topological polar surface area (TPSA) is 251 Å². The van der Waals surface area contributed by atoms with Crippen molar-refractivity contribution in [2.45, 2.75) is 66.2 Å². The highest BCUT2D eigenvalue weighted by molar-refractivity contribution is 5.94. The Balaban J connectivity index is 1.54. The van der Waals surface area contributed by atoms with E-state index in [0.717, 1.165) is 25.7 Å². The number of unbranched alkanes of at least 4 members (excludes halogenated alkanes) is 2. The number of anilines is 2. The Morgan fingerprint density at radius 2 is 1.12 bits per heavy atom. The van der Waals surface area contributed by atoms with Crippen molar-refractivity contribution in [2.75, 3.05) is 24.7 Å². The van der Waals surface area contributed by atoms with Crippen LogP contribution in [0.25, 0.3) is 11.6 Å². The van der Waals surface area contributed by atoms with Gasteiger partial charge in [0.25, 0.3) is 0 Å². The highest BCUT2D eigenvalue weighted by atomic mass is 16.5. The molecule has 5 aromatic heterocycles. The number of rotatable bonds is 16. The third-order valence-electron chi connectivity index (χ3n) is 7.83. The van der Waals surface area contributed by atoms with Crippen LogP contribution >= 0.6 is 0 Å². The quantitative estimate of drug-likeness (QED) is 0.0969. The first-order valence-electron chi connectivity index (χ1n) is 16.9. The minimum atomic E-state index is -0.563. The summed E-state index contributed by atoms with van der Waals surface area (Å²) in [5.41, 5.74) is 15.4. The maximum Gasteiger partial charge on any atom is 0.343 e. The van der Waals surface area contributed by atoms with Crippen molar-refractivity contribution in [3.63, 3.8) is 0 Å². The largest absolute Gasteiger partial charge is 0.462 e. The van der Waals surface area contributed by atoms with E-state index in [1.54, 1.807) is 34.0 Å². The molecule has 5 aromatic rings. The third-order valence-corrected chi connectivity index (χ3v) is 7.83. The molecule has 0 bridgehead atoms. The molecule has 0 saturated carbocycles. The molecule has 0 unspecified atom stereocenters. The number of esters is 2. The average Bonchev–Trinajstić information content (AvgIpc) is 3.87. The normalized spacial score (nSPS) is 11.7. The summed E-state index contributed by atoms with van der Waals surface area (Å²) < 4.78 is 16.0. The Bertz CT molecular complexity index is 1960. The first kappa shape index (κ1) is 36.9. The van der Waals surface area contributed by atoms with E-state index in [2.05, 4.69) is 54.5 Å². The number of hydrogen-bond acceptors (Lipinski definition) is 16. The van der Waals surface area contributed by atoms with Crippen LogP contribution in [-0.4, -0.2) is 74.2 Å². The van der Waals surface area contributed by atoms with Crippen LogP contribution in [0.1, 0.15) is 85.5 Å². The summed E-state index contributed by atoms with van der Waals surface area (Å²) >= 11 is 0. The fourth-order valence-electron chi connectivity index (χ4n) is 5.10. The zero-order valence-electron chi connectivity index (χ0n) is 30.0. The van der Waals surface area contributed by atoms with Gasteiger partial charge in [-0.2, -0.15) is 29.8 Å². The zero-order valence-corrected chi connectivity index (χ0v) is 30.0. The Labute approximate surface area is 298 Å². The van der Waals surface area contributed by atoms with Gasteiger partial charge in [0.05, 0.1) is 37.0 Å². The molecule has 4 N–H and O–H groups in total. The van der Waals surface area contributed by atoms with Crippen LogP contribution in [0.4, 0.5) is 34.6 Å². The second-order valence-corrected chi connectivity index (χ2v) is 11.5. The maximum atomic E-state index is 12.5. The highest BCUT2D eigenvalue weighted by Crippen LogP contribution is 2.35. The number of carbonyl (C=O) groups is 2. The van der Waals surface area contributed by atoms with Crippen molar-refractivity contribution in [1.82, 2.24) is 49.1 Å². The lowest BCUT2D eigenvalue weighted by Gasteiger charge is -2.06. The number of hydrogen-bond donors (Lipinski definition) is 2. The summed E-state index contributed by atoms with van der Waals surface area (Å²) in [5, 5.41) is 35.3. The molecule has 20 heteroatoms. The SMILES string of the molecule is CCCCc1nn(-c2cc(-n3nc(CCCC)c(N=Nc4c(C(=O)OCC)cnn4C)c3N)ncn2)c(N)c1N=Nc1c(C(=O)OCC)cnn1C. The van der Waals surface area contributed by atoms with E-state index < -0.39 is 11.9 Å². The number of nitrogens with zero attached hydrogens (tertiary/aromatic N) is 14. The lowest BCUT2D eigenvalue weighted by Crippen LogP contribution is -2.09. The predicted molar refractivity (Wildman–Crippen MR) is 189 cm³/mol. The van der Waals surface area contributed by atoms with Gasteiger partial charge in [-0.1, -0.05) is 26.7 Å². The van der Waals surface area contributed by atoms with E-state index in [1.807, 2.05) is 0 Å². The summed E-state index contributed by atoms with van der Waals surface area (Å²) in [5.74, 6) is 0.251. The van der Waals surface area contributed by atoms with Crippen molar-refractivity contribution in [3.8, 4) is 11.6 Å². The van der Waals surface area contributed by atoms with Crippen molar-refractivity contribution >= 4 is 46.6 Å². The minimum Gasteiger partial charge on any atom is -0.462 e. The molecule has 5 heterocycles. The molecule has 0 radical (unpaired) electrons. The second kappa shape index (κ2) is 16.6. The van der Waals surface area contributed by atoms with E-state index in [0.29, 0.717) is 47.2 Å². The van der Waals surface area contributed by atoms with E-state index in [-0.39, 0.29) is 47.6 Å². The molecule has 0 aliphatic carbocycles. The van der Waals surface area contributed by atoms with Crippen LogP contribution in [0.3, 0.4) is 0 Å². The number of nitrogens with two attached hydrogens (primary N) is 2. The standard InChI is InChI=1S/C32H42N16O4/c1-7-11-13-21-25(39-41-29-19(16-37-45(29)5)31(49)51-9-3)27(33)47(43-21)23-15-24(36-18-35-23)48-28(34)26(22(44-48)14-12-8-2)40-42-30-20(17-38-46(30)6)32(50)52-10-4/h15-18H,7-14,33-34H2,1-6H3. The van der Waals surface area contributed by atoms with Gasteiger partial charge in [0.2, 0.25) is 0 Å². The van der Waals surface area contributed by atoms with Crippen LogP contribution in [-0.2, 0) is 36.4 Å². The zero-order chi connectivity index (χ0) is 37.4. The third kappa shape index (κ3) is 7.69. The van der Waals surface area contributed by atoms with Crippen LogP contribution in [0.15, 0.2) is 45.2 Å². The molecule has 274 valence electrons. The van der Waals surface area contributed by atoms with Crippen LogP contribution < -0.4 is 11.5 Å². The molecular weight excluding hydrogens is 672 g/mol. The number of azo groups is 2. The molecule has 0 aliphatic heterocycles. The number of nitrogen functional groups attached to an aromatic ring is 2. The molecule has 5 rings (SSSR count). The fraction of sp³-hybridized carbons (Fsp3) is 0.438. The molecule has 0 spiro atoms. The van der Waals surface area contributed by atoms with Gasteiger partial charge >= 0.3 is 11.9 Å². The molecule has 0 aliphatic rings. The van der Waals surface area contributed by atoms with Gasteiger partial charge in [-0.25, -0.2) is 28.9 Å². The van der Waals surface area contributed by atoms with Crippen LogP contribution in [0.5, 0.6) is 0 Å². The summed E-state index contributed by atoms with van der Waals surface area (Å²) in [6, 6.07) is 1.63. The van der Waals surface area contributed by atoms with Gasteiger partial charge in [-0.15, -0.1) is 20.5 Å². The molecule has 20 nitrogen and oxygen atoms in total. The smallest absolute Gasteiger partial charge is 0.343 e. The summed E-state index contributed by atoms with van der Waals surface area (Å²) in [6.07, 6.45) is 8.65. The van der Waals surface area contributed by atoms with E-state index in [1.165, 1.54) is 37.4 Å². The summed E-state index contributed by atoms with van der Waals surface area (Å²) in [7, 11) is 3.29. The molecule has 0 amide bonds. The molecule has 0 aromatic carbocycles. The van der Waals surface area contributed by atoms with Crippen molar-refractivity contribution in [2.24, 2.45) is 34.6 Å². The molecule has 0 saturated heterocycles. The predicted octanol–water partition coefficient (Wildman–Crippen LogP) is 5.35. The number of aryl methyl sites for hydroxylation is 4. The van der Waals surface area contributed by atoms with Gasteiger partial charge in [0.15, 0.2) is 46.3 Å². The average molecular weight is 715 g/mol. The van der Waals surface area contributed by atoms with Gasteiger partial charge in [0, 0.05) is 20.2 Å². The van der Waals surface area contributed by atoms with Gasteiger partial charge in [-0.3, -0.25) is 0 Å². The monoisotopic (exact) mass is 714 g/mol. The Kier molecular flexibility index (Phi) is 11.8. The van der Waals surface area contributed by atoms with Gasteiger partial charge in [-0.05, 0) is 39.5 Å². The number of ether oxygens (including phenoxy) is 2. The second-order valence-electron chi connectivity index (χ2n) is 11.5. The van der Waals surface area contributed by atoms with Crippen molar-refractivity contribution < 1.29 is 19.1 Å². The Morgan fingerprint density at radius 1 is 0.692 bits per heavy atom. The minimum absolute atomic E-state index is 0.166. The maximum absolute atomic E-state index is 12.5. The molecule has 52 heavy (non-hydrogen) atoms. The summed E-state index contributed by atoms with van der Waals surface area (Å²) in [6.45, 7) is 7.95.